The fourth-order valence-corrected chi connectivity index (χ4v) is 2.38. The van der Waals surface area contributed by atoms with Gasteiger partial charge < -0.3 is 5.32 Å². The Morgan fingerprint density at radius 1 is 1.15 bits per heavy atom. The highest BCUT2D eigenvalue weighted by Gasteiger charge is 2.15. The minimum Gasteiger partial charge on any atom is -0.306 e. The van der Waals surface area contributed by atoms with Crippen molar-refractivity contribution in [3.05, 3.63) is 52.8 Å². The van der Waals surface area contributed by atoms with Crippen LogP contribution in [0.2, 0.25) is 5.02 Å². The van der Waals surface area contributed by atoms with Crippen LogP contribution in [0.4, 0.5) is 0 Å². The Bertz CT molecular complexity index is 519. The van der Waals surface area contributed by atoms with E-state index < -0.39 is 0 Å². The highest BCUT2D eigenvalue weighted by Crippen LogP contribution is 2.23. The van der Waals surface area contributed by atoms with Crippen molar-refractivity contribution in [2.24, 2.45) is 0 Å². The van der Waals surface area contributed by atoms with Gasteiger partial charge in [-0.15, -0.1) is 0 Å². The first-order chi connectivity index (χ1) is 9.74. The summed E-state index contributed by atoms with van der Waals surface area (Å²) < 4.78 is 2.01. The average molecular weight is 292 g/mol. The number of hydrogen-bond acceptors (Lipinski definition) is 2. The van der Waals surface area contributed by atoms with Crippen LogP contribution in [0.3, 0.4) is 0 Å². The number of aromatic nitrogens is 2. The zero-order chi connectivity index (χ0) is 14.4. The van der Waals surface area contributed by atoms with E-state index in [1.54, 1.807) is 0 Å². The lowest BCUT2D eigenvalue weighted by Gasteiger charge is -2.17. The van der Waals surface area contributed by atoms with E-state index >= 15 is 0 Å². The predicted molar refractivity (Wildman–Crippen MR) is 84.1 cm³/mol. The molecule has 20 heavy (non-hydrogen) atoms. The minimum absolute atomic E-state index is 0.179. The second-order valence-corrected chi connectivity index (χ2v) is 5.41. The Kier molecular flexibility index (Phi) is 5.62. The number of halogens is 1. The maximum atomic E-state index is 5.98. The molecule has 0 saturated carbocycles. The predicted octanol–water partition coefficient (Wildman–Crippen LogP) is 4.04. The average Bonchev–Trinajstić information content (AvgIpc) is 2.90. The second kappa shape index (κ2) is 7.46. The van der Waals surface area contributed by atoms with Crippen molar-refractivity contribution in [2.75, 3.05) is 6.54 Å². The molecule has 108 valence electrons. The van der Waals surface area contributed by atoms with Crippen molar-refractivity contribution in [1.29, 1.82) is 0 Å². The van der Waals surface area contributed by atoms with E-state index in [1.807, 2.05) is 23.0 Å². The molecule has 0 amide bonds. The summed E-state index contributed by atoms with van der Waals surface area (Å²) in [5.41, 5.74) is 2.42. The molecule has 2 aromatic rings. The quantitative estimate of drug-likeness (QED) is 0.834. The first-order valence-electron chi connectivity index (χ1n) is 7.25. The van der Waals surface area contributed by atoms with Gasteiger partial charge in [-0.3, -0.25) is 4.68 Å². The molecule has 0 bridgehead atoms. The van der Waals surface area contributed by atoms with Crippen LogP contribution in [0.15, 0.2) is 36.7 Å². The molecule has 0 radical (unpaired) electrons. The summed E-state index contributed by atoms with van der Waals surface area (Å²) in [4.78, 5) is 0. The summed E-state index contributed by atoms with van der Waals surface area (Å²) in [6.07, 6.45) is 6.28. The van der Waals surface area contributed by atoms with Gasteiger partial charge in [-0.2, -0.15) is 5.10 Å². The van der Waals surface area contributed by atoms with Crippen molar-refractivity contribution < 1.29 is 0 Å². The van der Waals surface area contributed by atoms with Crippen LogP contribution in [-0.2, 0) is 6.54 Å². The molecule has 1 aromatic carbocycles. The second-order valence-electron chi connectivity index (χ2n) is 4.98. The van der Waals surface area contributed by atoms with Gasteiger partial charge in [0.05, 0.1) is 12.2 Å². The van der Waals surface area contributed by atoms with E-state index in [-0.39, 0.29) is 6.04 Å². The van der Waals surface area contributed by atoms with Gasteiger partial charge >= 0.3 is 0 Å². The van der Waals surface area contributed by atoms with Crippen LogP contribution in [0.1, 0.15) is 43.9 Å². The molecule has 4 heteroatoms. The van der Waals surface area contributed by atoms with Gasteiger partial charge in [-0.1, -0.05) is 37.6 Å². The standard InChI is InChI=1S/C16H22ClN3/c1-3-9-18-16(13-5-7-15(17)8-6-13)14-11-19-20(12-14)10-4-2/h5-8,11-12,16,18H,3-4,9-10H2,1-2H3. The van der Waals surface area contributed by atoms with Crippen LogP contribution in [0.25, 0.3) is 0 Å². The molecule has 0 aliphatic carbocycles. The van der Waals surface area contributed by atoms with Gasteiger partial charge in [-0.05, 0) is 37.1 Å². The van der Waals surface area contributed by atoms with Gasteiger partial charge in [0.1, 0.15) is 0 Å². The molecule has 0 aliphatic rings. The summed E-state index contributed by atoms with van der Waals surface area (Å²) in [5.74, 6) is 0. The SMILES string of the molecule is CCCNC(c1ccc(Cl)cc1)c1cnn(CCC)c1. The van der Waals surface area contributed by atoms with Crippen molar-refractivity contribution in [1.82, 2.24) is 15.1 Å². The number of nitrogens with zero attached hydrogens (tertiary/aromatic N) is 2. The van der Waals surface area contributed by atoms with Gasteiger partial charge in [0, 0.05) is 23.3 Å². The fraction of sp³-hybridized carbons (Fsp3) is 0.438. The number of aryl methyl sites for hydroxylation is 1. The third-order valence-electron chi connectivity index (χ3n) is 3.24. The Balaban J connectivity index is 2.23. The Labute approximate surface area is 126 Å². The maximum Gasteiger partial charge on any atom is 0.0607 e. The van der Waals surface area contributed by atoms with Crippen molar-refractivity contribution in [3.8, 4) is 0 Å². The summed E-state index contributed by atoms with van der Waals surface area (Å²) in [7, 11) is 0. The number of rotatable bonds is 7. The van der Waals surface area contributed by atoms with Crippen molar-refractivity contribution in [2.45, 2.75) is 39.3 Å². The third kappa shape index (κ3) is 3.84. The van der Waals surface area contributed by atoms with Crippen LogP contribution in [0, 0.1) is 0 Å². The zero-order valence-electron chi connectivity index (χ0n) is 12.1. The van der Waals surface area contributed by atoms with Crippen molar-refractivity contribution in [3.63, 3.8) is 0 Å². The van der Waals surface area contributed by atoms with Crippen LogP contribution < -0.4 is 5.32 Å². The molecule has 1 aromatic heterocycles. The molecule has 0 spiro atoms. The summed E-state index contributed by atoms with van der Waals surface area (Å²) >= 11 is 5.98. The summed E-state index contributed by atoms with van der Waals surface area (Å²) in [5, 5.41) is 8.78. The normalized spacial score (nSPS) is 12.6. The highest BCUT2D eigenvalue weighted by atomic mass is 35.5. The first kappa shape index (κ1) is 15.1. The zero-order valence-corrected chi connectivity index (χ0v) is 12.9. The molecule has 0 fully saturated rings. The lowest BCUT2D eigenvalue weighted by atomic mass is 10.0. The van der Waals surface area contributed by atoms with E-state index in [2.05, 4.69) is 42.6 Å². The largest absolute Gasteiger partial charge is 0.306 e. The smallest absolute Gasteiger partial charge is 0.0607 e. The Morgan fingerprint density at radius 3 is 2.55 bits per heavy atom. The van der Waals surface area contributed by atoms with E-state index in [0.717, 1.165) is 31.0 Å². The Hall–Kier alpha value is -1.32. The molecule has 2 rings (SSSR count). The van der Waals surface area contributed by atoms with Gasteiger partial charge in [0.25, 0.3) is 0 Å². The van der Waals surface area contributed by atoms with Crippen LogP contribution >= 0.6 is 11.6 Å². The van der Waals surface area contributed by atoms with E-state index in [0.29, 0.717) is 0 Å². The van der Waals surface area contributed by atoms with Crippen LogP contribution in [0.5, 0.6) is 0 Å². The molecule has 0 saturated heterocycles. The molecule has 1 N–H and O–H groups in total. The number of benzene rings is 1. The van der Waals surface area contributed by atoms with Gasteiger partial charge in [-0.25, -0.2) is 0 Å². The topological polar surface area (TPSA) is 29.9 Å². The van der Waals surface area contributed by atoms with Crippen molar-refractivity contribution >= 4 is 11.6 Å². The summed E-state index contributed by atoms with van der Waals surface area (Å²) in [6.45, 7) is 6.27. The van der Waals surface area contributed by atoms with Gasteiger partial charge in [0.2, 0.25) is 0 Å². The summed E-state index contributed by atoms with van der Waals surface area (Å²) in [6, 6.07) is 8.21. The maximum absolute atomic E-state index is 5.98. The number of hydrogen-bond donors (Lipinski definition) is 1. The first-order valence-corrected chi connectivity index (χ1v) is 7.63. The van der Waals surface area contributed by atoms with E-state index in [1.165, 1.54) is 11.1 Å². The molecule has 3 nitrogen and oxygen atoms in total. The Morgan fingerprint density at radius 2 is 1.90 bits per heavy atom. The fourth-order valence-electron chi connectivity index (χ4n) is 2.25. The lowest BCUT2D eigenvalue weighted by molar-refractivity contribution is 0.588. The van der Waals surface area contributed by atoms with Gasteiger partial charge in [0.15, 0.2) is 0 Å². The molecular formula is C16H22ClN3. The molecule has 0 aliphatic heterocycles. The highest BCUT2D eigenvalue weighted by molar-refractivity contribution is 6.30. The van der Waals surface area contributed by atoms with E-state index in [9.17, 15) is 0 Å². The monoisotopic (exact) mass is 291 g/mol. The van der Waals surface area contributed by atoms with Crippen LogP contribution in [-0.4, -0.2) is 16.3 Å². The lowest BCUT2D eigenvalue weighted by Crippen LogP contribution is -2.22. The molecular weight excluding hydrogens is 270 g/mol. The molecule has 1 unspecified atom stereocenters. The third-order valence-corrected chi connectivity index (χ3v) is 3.49. The minimum atomic E-state index is 0.179. The molecule has 1 atom stereocenters. The number of nitrogens with one attached hydrogen (secondary N) is 1. The van der Waals surface area contributed by atoms with E-state index in [4.69, 9.17) is 11.6 Å². The molecule has 1 heterocycles.